The Kier molecular flexibility index (Phi) is 6.48. The van der Waals surface area contributed by atoms with E-state index >= 15 is 0 Å². The van der Waals surface area contributed by atoms with Crippen LogP contribution in [0.15, 0.2) is 30.3 Å². The first kappa shape index (κ1) is 20.9. The van der Waals surface area contributed by atoms with Crippen LogP contribution in [0.2, 0.25) is 0 Å². The van der Waals surface area contributed by atoms with Crippen LogP contribution in [0, 0.1) is 5.92 Å². The topological polar surface area (TPSA) is 63.7 Å². The molecule has 28 heavy (non-hydrogen) atoms. The maximum absolute atomic E-state index is 13.2. The van der Waals surface area contributed by atoms with E-state index in [1.165, 1.54) is 11.8 Å². The van der Waals surface area contributed by atoms with Gasteiger partial charge in [-0.2, -0.15) is 0 Å². The molecule has 0 unspecified atom stereocenters. The molecule has 6 heteroatoms. The van der Waals surface area contributed by atoms with E-state index in [1.807, 2.05) is 39.0 Å². The first-order chi connectivity index (χ1) is 13.3. The largest absolute Gasteiger partial charge is 0.458 e. The molecule has 1 aliphatic carbocycles. The third kappa shape index (κ3) is 4.96. The molecule has 1 amide bonds. The third-order valence-corrected chi connectivity index (χ3v) is 6.57. The maximum atomic E-state index is 13.2. The minimum atomic E-state index is -0.567. The Morgan fingerprint density at radius 3 is 2.43 bits per heavy atom. The molecule has 0 radical (unpaired) electrons. The summed E-state index contributed by atoms with van der Waals surface area (Å²) in [6.07, 6.45) is 4.01. The number of rotatable bonds is 4. The van der Waals surface area contributed by atoms with Gasteiger partial charge in [0.2, 0.25) is 11.0 Å². The van der Waals surface area contributed by atoms with Gasteiger partial charge in [-0.1, -0.05) is 48.5 Å². The zero-order valence-corrected chi connectivity index (χ0v) is 17.7. The Morgan fingerprint density at radius 2 is 1.75 bits per heavy atom. The lowest BCUT2D eigenvalue weighted by atomic mass is 10.1. The Bertz CT molecular complexity index is 728. The lowest BCUT2D eigenvalue weighted by molar-refractivity contribution is -0.163. The molecule has 1 saturated heterocycles. The van der Waals surface area contributed by atoms with Crippen molar-refractivity contribution in [1.82, 2.24) is 4.90 Å². The number of benzene rings is 1. The molecule has 1 aliphatic heterocycles. The zero-order valence-electron chi connectivity index (χ0n) is 16.8. The van der Waals surface area contributed by atoms with Crippen molar-refractivity contribution >= 4 is 28.8 Å². The lowest BCUT2D eigenvalue weighted by Crippen LogP contribution is -2.46. The summed E-state index contributed by atoms with van der Waals surface area (Å²) in [7, 11) is 0. The van der Waals surface area contributed by atoms with Crippen molar-refractivity contribution < 1.29 is 19.1 Å². The summed E-state index contributed by atoms with van der Waals surface area (Å²) >= 11 is 1.27. The van der Waals surface area contributed by atoms with Crippen LogP contribution in [0.5, 0.6) is 0 Å². The highest BCUT2D eigenvalue weighted by atomic mass is 32.2. The Morgan fingerprint density at radius 1 is 1.04 bits per heavy atom. The predicted octanol–water partition coefficient (Wildman–Crippen LogP) is 4.06. The van der Waals surface area contributed by atoms with Crippen LogP contribution in [-0.2, 0) is 14.3 Å². The van der Waals surface area contributed by atoms with Crippen LogP contribution in [0.4, 0.5) is 0 Å². The van der Waals surface area contributed by atoms with E-state index in [4.69, 9.17) is 4.74 Å². The number of amides is 1. The van der Waals surface area contributed by atoms with Gasteiger partial charge in [0.15, 0.2) is 0 Å². The van der Waals surface area contributed by atoms with Gasteiger partial charge in [0.1, 0.15) is 11.6 Å². The molecule has 0 spiro atoms. The number of hydrogen-bond donors (Lipinski definition) is 0. The van der Waals surface area contributed by atoms with Crippen LogP contribution >= 0.6 is 11.8 Å². The fourth-order valence-electron chi connectivity index (χ4n) is 3.99. The van der Waals surface area contributed by atoms with Crippen molar-refractivity contribution in [2.24, 2.45) is 5.92 Å². The van der Waals surface area contributed by atoms with E-state index in [0.29, 0.717) is 18.5 Å². The first-order valence-electron chi connectivity index (χ1n) is 10.1. The van der Waals surface area contributed by atoms with E-state index in [2.05, 4.69) is 0 Å². The molecule has 0 bridgehead atoms. The van der Waals surface area contributed by atoms with Crippen molar-refractivity contribution in [1.29, 1.82) is 0 Å². The fourth-order valence-corrected chi connectivity index (χ4v) is 5.24. The number of thioether (sulfide) groups is 1. The molecule has 2 fully saturated rings. The highest BCUT2D eigenvalue weighted by Gasteiger charge is 2.43. The standard InChI is InChI=1S/C22H29NO4S/c1-22(2,3)27-20(25)17-12-8-14-23(17)19(24)16-11-7-13-18(16)28-21(26)15-9-5-4-6-10-15/h4-6,9-10,16-18H,7-8,11-14H2,1-3H3/t16-,17+,18-/m1/s1. The number of nitrogens with zero attached hydrogens (tertiary/aromatic N) is 1. The van der Waals surface area contributed by atoms with E-state index in [1.54, 1.807) is 17.0 Å². The summed E-state index contributed by atoms with van der Waals surface area (Å²) in [6.45, 7) is 6.10. The monoisotopic (exact) mass is 403 g/mol. The van der Waals surface area contributed by atoms with Crippen LogP contribution in [0.25, 0.3) is 0 Å². The molecule has 1 saturated carbocycles. The minimum Gasteiger partial charge on any atom is -0.458 e. The van der Waals surface area contributed by atoms with Crippen LogP contribution in [0.3, 0.4) is 0 Å². The number of carbonyl (C=O) groups excluding carboxylic acids is 3. The molecule has 152 valence electrons. The van der Waals surface area contributed by atoms with E-state index in [0.717, 1.165) is 25.7 Å². The van der Waals surface area contributed by atoms with Gasteiger partial charge in [0.25, 0.3) is 0 Å². The van der Waals surface area contributed by atoms with Crippen molar-refractivity contribution in [3.05, 3.63) is 35.9 Å². The first-order valence-corrected chi connectivity index (χ1v) is 10.9. The van der Waals surface area contributed by atoms with Gasteiger partial charge < -0.3 is 9.64 Å². The number of hydrogen-bond acceptors (Lipinski definition) is 5. The summed E-state index contributed by atoms with van der Waals surface area (Å²) in [5, 5.41) is -0.0180. The van der Waals surface area contributed by atoms with E-state index in [9.17, 15) is 14.4 Å². The third-order valence-electron chi connectivity index (χ3n) is 5.25. The molecule has 3 rings (SSSR count). The van der Waals surface area contributed by atoms with Crippen LogP contribution in [0.1, 0.15) is 63.2 Å². The lowest BCUT2D eigenvalue weighted by Gasteiger charge is -2.30. The predicted molar refractivity (Wildman–Crippen MR) is 110 cm³/mol. The molecule has 2 aliphatic rings. The number of carbonyl (C=O) groups is 3. The number of ether oxygens (including phenoxy) is 1. The molecule has 5 nitrogen and oxygen atoms in total. The molecule has 1 heterocycles. The Hall–Kier alpha value is -1.82. The molecule has 3 atom stereocenters. The summed E-state index contributed by atoms with van der Waals surface area (Å²) in [4.78, 5) is 40.1. The molecule has 1 aromatic carbocycles. The molecule has 0 N–H and O–H groups in total. The normalized spacial score (nSPS) is 25.0. The molecule has 1 aromatic rings. The SMILES string of the molecule is CC(C)(C)OC(=O)[C@@H]1CCCN1C(=O)[C@@H]1CCC[C@H]1SC(=O)c1ccccc1. The Balaban J connectivity index is 1.66. The second kappa shape index (κ2) is 8.68. The van der Waals surface area contributed by atoms with E-state index < -0.39 is 11.6 Å². The average Bonchev–Trinajstić information content (AvgIpc) is 3.30. The average molecular weight is 404 g/mol. The van der Waals surface area contributed by atoms with Crippen LogP contribution in [-0.4, -0.2) is 45.3 Å². The molecular formula is C22H29NO4S. The quantitative estimate of drug-likeness (QED) is 0.710. The van der Waals surface area contributed by atoms with E-state index in [-0.39, 0.29) is 28.2 Å². The second-order valence-corrected chi connectivity index (χ2v) is 9.78. The Labute approximate surface area is 171 Å². The smallest absolute Gasteiger partial charge is 0.329 e. The minimum absolute atomic E-state index is 0.00391. The van der Waals surface area contributed by atoms with Gasteiger partial charge in [-0.05, 0) is 46.5 Å². The van der Waals surface area contributed by atoms with Gasteiger partial charge in [-0.25, -0.2) is 4.79 Å². The summed E-state index contributed by atoms with van der Waals surface area (Å²) in [5.41, 5.74) is 0.0980. The van der Waals surface area contributed by atoms with Gasteiger partial charge in [-0.15, -0.1) is 0 Å². The van der Waals surface area contributed by atoms with Gasteiger partial charge >= 0.3 is 5.97 Å². The fraction of sp³-hybridized carbons (Fsp3) is 0.591. The highest BCUT2D eigenvalue weighted by molar-refractivity contribution is 8.14. The van der Waals surface area contributed by atoms with Crippen molar-refractivity contribution in [2.75, 3.05) is 6.54 Å². The molecular weight excluding hydrogens is 374 g/mol. The molecule has 0 aromatic heterocycles. The van der Waals surface area contributed by atoms with Gasteiger partial charge in [0, 0.05) is 17.4 Å². The van der Waals surface area contributed by atoms with Crippen molar-refractivity contribution in [2.45, 2.75) is 69.8 Å². The highest BCUT2D eigenvalue weighted by Crippen LogP contribution is 2.39. The van der Waals surface area contributed by atoms with Gasteiger partial charge in [0.05, 0.1) is 5.92 Å². The van der Waals surface area contributed by atoms with Gasteiger partial charge in [-0.3, -0.25) is 9.59 Å². The van der Waals surface area contributed by atoms with Crippen LogP contribution < -0.4 is 0 Å². The van der Waals surface area contributed by atoms with Crippen molar-refractivity contribution in [3.63, 3.8) is 0 Å². The number of likely N-dealkylation sites (tertiary alicyclic amines) is 1. The summed E-state index contributed by atoms with van der Waals surface area (Å²) < 4.78 is 5.52. The summed E-state index contributed by atoms with van der Waals surface area (Å²) in [5.74, 6) is -0.522. The van der Waals surface area contributed by atoms with Crippen molar-refractivity contribution in [3.8, 4) is 0 Å². The zero-order chi connectivity index (χ0) is 20.3. The summed E-state index contributed by atoms with van der Waals surface area (Å²) in [6, 6.07) is 8.69. The maximum Gasteiger partial charge on any atom is 0.329 e. The second-order valence-electron chi connectivity index (χ2n) is 8.57. The number of esters is 1.